The molecule has 134 valence electrons. The highest BCUT2D eigenvalue weighted by Gasteiger charge is 2.26. The Morgan fingerprint density at radius 2 is 2.08 bits per heavy atom. The van der Waals surface area contributed by atoms with Crippen molar-refractivity contribution in [2.45, 2.75) is 32.8 Å². The van der Waals surface area contributed by atoms with Crippen molar-refractivity contribution < 1.29 is 13.9 Å². The molecule has 2 aromatic heterocycles. The van der Waals surface area contributed by atoms with Gasteiger partial charge in [0.05, 0.1) is 12.8 Å². The van der Waals surface area contributed by atoms with Gasteiger partial charge < -0.3 is 24.6 Å². The molecular weight excluding hydrogens is 421 g/mol. The summed E-state index contributed by atoms with van der Waals surface area (Å²) in [6.07, 6.45) is 2.43. The molecule has 3 N–H and O–H groups in total. The van der Waals surface area contributed by atoms with Crippen LogP contribution in [0.4, 0.5) is 0 Å². The number of aliphatic hydroxyl groups is 1. The van der Waals surface area contributed by atoms with Crippen molar-refractivity contribution in [3.05, 3.63) is 47.8 Å². The largest absolute Gasteiger partial charge is 0.469 e. The Bertz CT molecular complexity index is 621. The van der Waals surface area contributed by atoms with E-state index < -0.39 is 5.60 Å². The standard InChI is InChI=1S/C17H25N3O3.HI/c1-4-18-16(19-10-9-14-6-5-11-22-14)20-12-17(3,21)15-8-7-13(2)23-15;/h5-8,11,21H,4,9-10,12H2,1-3H3,(H2,18,19,20);1H. The number of rotatable bonds is 7. The molecule has 0 aliphatic heterocycles. The smallest absolute Gasteiger partial charge is 0.191 e. The van der Waals surface area contributed by atoms with Gasteiger partial charge >= 0.3 is 0 Å². The Morgan fingerprint density at radius 1 is 1.29 bits per heavy atom. The first kappa shape index (κ1) is 20.6. The minimum Gasteiger partial charge on any atom is -0.469 e. The van der Waals surface area contributed by atoms with E-state index in [9.17, 15) is 5.11 Å². The van der Waals surface area contributed by atoms with E-state index in [1.165, 1.54) is 0 Å². The molecule has 0 saturated heterocycles. The van der Waals surface area contributed by atoms with Crippen molar-refractivity contribution >= 4 is 29.9 Å². The lowest BCUT2D eigenvalue weighted by molar-refractivity contribution is 0.0428. The van der Waals surface area contributed by atoms with Crippen LogP contribution >= 0.6 is 24.0 Å². The summed E-state index contributed by atoms with van der Waals surface area (Å²) in [5.41, 5.74) is -1.14. The molecule has 0 amide bonds. The number of guanidine groups is 1. The number of hydrogen-bond donors (Lipinski definition) is 3. The van der Waals surface area contributed by atoms with Gasteiger partial charge in [-0.1, -0.05) is 0 Å². The average Bonchev–Trinajstić information content (AvgIpc) is 3.16. The minimum absolute atomic E-state index is 0. The van der Waals surface area contributed by atoms with Crippen LogP contribution in [-0.2, 0) is 12.0 Å². The van der Waals surface area contributed by atoms with Crippen molar-refractivity contribution in [3.63, 3.8) is 0 Å². The Balaban J connectivity index is 0.00000288. The zero-order chi connectivity index (χ0) is 16.7. The van der Waals surface area contributed by atoms with Crippen molar-refractivity contribution in [2.24, 2.45) is 4.99 Å². The molecular formula is C17H26IN3O3. The predicted octanol–water partition coefficient (Wildman–Crippen LogP) is 2.80. The first-order valence-electron chi connectivity index (χ1n) is 7.85. The number of halogens is 1. The Morgan fingerprint density at radius 3 is 2.67 bits per heavy atom. The molecule has 24 heavy (non-hydrogen) atoms. The van der Waals surface area contributed by atoms with E-state index in [2.05, 4.69) is 15.6 Å². The molecule has 0 aliphatic carbocycles. The highest BCUT2D eigenvalue weighted by atomic mass is 127. The fourth-order valence-electron chi connectivity index (χ4n) is 2.14. The lowest BCUT2D eigenvalue weighted by Crippen LogP contribution is -2.39. The second-order valence-corrected chi connectivity index (χ2v) is 5.64. The second kappa shape index (κ2) is 9.73. The molecule has 1 atom stereocenters. The maximum atomic E-state index is 10.5. The third kappa shape index (κ3) is 6.20. The number of hydrogen-bond acceptors (Lipinski definition) is 4. The van der Waals surface area contributed by atoms with Crippen LogP contribution in [0.15, 0.2) is 44.4 Å². The Labute approximate surface area is 159 Å². The highest BCUT2D eigenvalue weighted by Crippen LogP contribution is 2.22. The monoisotopic (exact) mass is 447 g/mol. The van der Waals surface area contributed by atoms with Crippen LogP contribution in [-0.4, -0.2) is 30.7 Å². The van der Waals surface area contributed by atoms with Crippen LogP contribution in [0.1, 0.15) is 31.1 Å². The summed E-state index contributed by atoms with van der Waals surface area (Å²) >= 11 is 0. The van der Waals surface area contributed by atoms with Crippen LogP contribution in [0.25, 0.3) is 0 Å². The molecule has 0 fully saturated rings. The summed E-state index contributed by atoms with van der Waals surface area (Å²) in [5, 5.41) is 16.9. The predicted molar refractivity (Wildman–Crippen MR) is 105 cm³/mol. The quantitative estimate of drug-likeness (QED) is 0.346. The fourth-order valence-corrected chi connectivity index (χ4v) is 2.14. The van der Waals surface area contributed by atoms with E-state index in [1.807, 2.05) is 32.0 Å². The van der Waals surface area contributed by atoms with Crippen LogP contribution in [0.2, 0.25) is 0 Å². The van der Waals surface area contributed by atoms with Crippen LogP contribution < -0.4 is 10.6 Å². The SMILES string of the molecule is CCNC(=NCC(C)(O)c1ccc(C)o1)NCCc1ccco1.I. The first-order valence-corrected chi connectivity index (χ1v) is 7.85. The summed E-state index contributed by atoms with van der Waals surface area (Å²) in [4.78, 5) is 4.44. The first-order chi connectivity index (χ1) is 11.0. The maximum Gasteiger partial charge on any atom is 0.191 e. The highest BCUT2D eigenvalue weighted by molar-refractivity contribution is 14.0. The molecule has 2 heterocycles. The van der Waals surface area contributed by atoms with Gasteiger partial charge in [-0.15, -0.1) is 24.0 Å². The van der Waals surface area contributed by atoms with Crippen molar-refractivity contribution in [2.75, 3.05) is 19.6 Å². The number of furan rings is 2. The number of nitrogens with one attached hydrogen (secondary N) is 2. The molecule has 2 rings (SSSR count). The number of aliphatic imine (C=N–C) groups is 1. The molecule has 0 bridgehead atoms. The average molecular weight is 447 g/mol. The van der Waals surface area contributed by atoms with Gasteiger partial charge in [-0.25, -0.2) is 4.99 Å². The molecule has 0 radical (unpaired) electrons. The van der Waals surface area contributed by atoms with E-state index in [-0.39, 0.29) is 30.5 Å². The molecule has 1 unspecified atom stereocenters. The molecule has 7 heteroatoms. The second-order valence-electron chi connectivity index (χ2n) is 5.64. The normalized spacial score (nSPS) is 13.9. The van der Waals surface area contributed by atoms with Crippen LogP contribution in [0.5, 0.6) is 0 Å². The fraction of sp³-hybridized carbons (Fsp3) is 0.471. The van der Waals surface area contributed by atoms with Gasteiger partial charge in [0.1, 0.15) is 22.9 Å². The lowest BCUT2D eigenvalue weighted by atomic mass is 10.0. The van der Waals surface area contributed by atoms with Crippen molar-refractivity contribution in [1.82, 2.24) is 10.6 Å². The summed E-state index contributed by atoms with van der Waals surface area (Å²) in [7, 11) is 0. The van der Waals surface area contributed by atoms with Gasteiger partial charge in [-0.05, 0) is 45.0 Å². The van der Waals surface area contributed by atoms with Gasteiger partial charge in [0.2, 0.25) is 0 Å². The van der Waals surface area contributed by atoms with Gasteiger partial charge in [0.25, 0.3) is 0 Å². The molecule has 0 aliphatic rings. The van der Waals surface area contributed by atoms with Crippen LogP contribution in [0.3, 0.4) is 0 Å². The Hall–Kier alpha value is -1.48. The van der Waals surface area contributed by atoms with E-state index in [1.54, 1.807) is 19.3 Å². The van der Waals surface area contributed by atoms with Gasteiger partial charge in [0.15, 0.2) is 5.96 Å². The molecule has 0 aromatic carbocycles. The van der Waals surface area contributed by atoms with Gasteiger partial charge in [-0.2, -0.15) is 0 Å². The third-order valence-corrected chi connectivity index (χ3v) is 3.40. The van der Waals surface area contributed by atoms with E-state index >= 15 is 0 Å². The number of aryl methyl sites for hydroxylation is 1. The van der Waals surface area contributed by atoms with Gasteiger partial charge in [0, 0.05) is 19.5 Å². The lowest BCUT2D eigenvalue weighted by Gasteiger charge is -2.19. The zero-order valence-electron chi connectivity index (χ0n) is 14.3. The summed E-state index contributed by atoms with van der Waals surface area (Å²) in [6, 6.07) is 7.43. The van der Waals surface area contributed by atoms with Crippen molar-refractivity contribution in [3.8, 4) is 0 Å². The molecule has 0 saturated carbocycles. The van der Waals surface area contributed by atoms with Crippen LogP contribution in [0, 0.1) is 6.92 Å². The van der Waals surface area contributed by atoms with E-state index in [0.717, 1.165) is 24.5 Å². The van der Waals surface area contributed by atoms with Gasteiger partial charge in [-0.3, -0.25) is 0 Å². The zero-order valence-corrected chi connectivity index (χ0v) is 16.7. The van der Waals surface area contributed by atoms with E-state index in [4.69, 9.17) is 8.83 Å². The summed E-state index contributed by atoms with van der Waals surface area (Å²) < 4.78 is 10.8. The summed E-state index contributed by atoms with van der Waals surface area (Å²) in [6.45, 7) is 7.19. The van der Waals surface area contributed by atoms with Crippen molar-refractivity contribution in [1.29, 1.82) is 0 Å². The van der Waals surface area contributed by atoms with E-state index in [0.29, 0.717) is 18.3 Å². The third-order valence-electron chi connectivity index (χ3n) is 3.40. The maximum absolute atomic E-state index is 10.5. The number of nitrogens with zero attached hydrogens (tertiary/aromatic N) is 1. The molecule has 6 nitrogen and oxygen atoms in total. The summed E-state index contributed by atoms with van der Waals surface area (Å²) in [5.74, 6) is 2.87. The topological polar surface area (TPSA) is 82.9 Å². The minimum atomic E-state index is -1.14. The molecule has 2 aromatic rings. The Kier molecular flexibility index (Phi) is 8.34. The molecule has 0 spiro atoms.